The highest BCUT2D eigenvalue weighted by molar-refractivity contribution is 9.10. The lowest BCUT2D eigenvalue weighted by atomic mass is 10.1. The Morgan fingerprint density at radius 3 is 3.18 bits per heavy atom. The number of nitrogens with one attached hydrogen (secondary N) is 2. The zero-order chi connectivity index (χ0) is 12.3. The summed E-state index contributed by atoms with van der Waals surface area (Å²) in [4.78, 5) is 19.8. The minimum absolute atomic E-state index is 0.0123. The predicted octanol–water partition coefficient (Wildman–Crippen LogP) is 0.938. The smallest absolute Gasteiger partial charge is 0.242 e. The molecule has 0 aromatic carbocycles. The van der Waals surface area contributed by atoms with E-state index in [9.17, 15) is 4.79 Å². The van der Waals surface area contributed by atoms with Crippen molar-refractivity contribution in [2.24, 2.45) is 0 Å². The Morgan fingerprint density at radius 2 is 2.47 bits per heavy atom. The summed E-state index contributed by atoms with van der Waals surface area (Å²) in [5, 5.41) is 5.79. The Kier molecular flexibility index (Phi) is 3.78. The average Bonchev–Trinajstić information content (AvgIpc) is 2.34. The Hall–Kier alpha value is -1.37. The number of hydrogen-bond donors (Lipinski definition) is 2. The first-order chi connectivity index (χ1) is 8.20. The van der Waals surface area contributed by atoms with Gasteiger partial charge in [0, 0.05) is 6.54 Å². The number of aromatic nitrogens is 2. The molecule has 1 amide bonds. The van der Waals surface area contributed by atoms with Crippen LogP contribution in [0.15, 0.2) is 10.7 Å². The van der Waals surface area contributed by atoms with Gasteiger partial charge in [-0.15, -0.1) is 0 Å². The number of nitrogens with zero attached hydrogens (tertiary/aromatic N) is 2. The van der Waals surface area contributed by atoms with E-state index in [0.717, 1.165) is 19.4 Å². The molecule has 0 aliphatic carbocycles. The molecule has 1 aliphatic rings. The Morgan fingerprint density at radius 1 is 1.65 bits per heavy atom. The molecule has 1 atom stereocenters. The molecular weight excluding hydrogens is 288 g/mol. The topological polar surface area (TPSA) is 76.1 Å². The summed E-state index contributed by atoms with van der Waals surface area (Å²) >= 11 is 3.27. The Labute approximate surface area is 107 Å². The van der Waals surface area contributed by atoms with Crippen LogP contribution in [0.2, 0.25) is 0 Å². The van der Waals surface area contributed by atoms with E-state index < -0.39 is 0 Å². The predicted molar refractivity (Wildman–Crippen MR) is 65.9 cm³/mol. The van der Waals surface area contributed by atoms with Crippen LogP contribution in [0.4, 0.5) is 5.95 Å². The third-order valence-corrected chi connectivity index (χ3v) is 3.04. The van der Waals surface area contributed by atoms with E-state index in [1.807, 2.05) is 0 Å². The van der Waals surface area contributed by atoms with Gasteiger partial charge in [-0.05, 0) is 28.8 Å². The monoisotopic (exact) mass is 300 g/mol. The molecule has 1 aliphatic heterocycles. The van der Waals surface area contributed by atoms with Gasteiger partial charge in [0.2, 0.25) is 17.7 Å². The first-order valence-corrected chi connectivity index (χ1v) is 6.11. The first-order valence-electron chi connectivity index (χ1n) is 5.31. The summed E-state index contributed by atoms with van der Waals surface area (Å²) in [6.07, 6.45) is 3.33. The molecule has 0 saturated carbocycles. The van der Waals surface area contributed by atoms with Gasteiger partial charge in [0.1, 0.15) is 6.04 Å². The number of carbonyl (C=O) groups excluding carboxylic acids is 1. The molecule has 2 N–H and O–H groups in total. The summed E-state index contributed by atoms with van der Waals surface area (Å²) in [5.74, 6) is 0.826. The van der Waals surface area contributed by atoms with Crippen LogP contribution in [0, 0.1) is 0 Å². The van der Waals surface area contributed by atoms with Crippen molar-refractivity contribution in [2.75, 3.05) is 19.0 Å². The van der Waals surface area contributed by atoms with Crippen molar-refractivity contribution in [3.05, 3.63) is 10.7 Å². The van der Waals surface area contributed by atoms with Gasteiger partial charge in [0.05, 0.1) is 17.8 Å². The molecule has 92 valence electrons. The maximum absolute atomic E-state index is 11.6. The van der Waals surface area contributed by atoms with Crippen LogP contribution in [-0.2, 0) is 4.79 Å². The maximum atomic E-state index is 11.6. The molecule has 2 rings (SSSR count). The standard InChI is InChI=1S/C10H13BrN4O2/c1-17-9-6(11)5-13-10(15-9)14-7-3-2-4-12-8(7)16/h5,7H,2-4H2,1H3,(H,12,16)(H,13,14,15). The van der Waals surface area contributed by atoms with Crippen molar-refractivity contribution in [1.82, 2.24) is 15.3 Å². The maximum Gasteiger partial charge on any atom is 0.242 e. The molecule has 0 spiro atoms. The van der Waals surface area contributed by atoms with E-state index in [2.05, 4.69) is 36.5 Å². The van der Waals surface area contributed by atoms with Gasteiger partial charge in [-0.3, -0.25) is 4.79 Å². The number of amides is 1. The molecule has 6 nitrogen and oxygen atoms in total. The second kappa shape index (κ2) is 5.31. The third-order valence-electron chi connectivity index (χ3n) is 2.49. The largest absolute Gasteiger partial charge is 0.480 e. The van der Waals surface area contributed by atoms with E-state index in [1.54, 1.807) is 6.20 Å². The minimum Gasteiger partial charge on any atom is -0.480 e. The number of methoxy groups -OCH3 is 1. The highest BCUT2D eigenvalue weighted by Crippen LogP contribution is 2.22. The average molecular weight is 301 g/mol. The molecule has 1 aromatic rings. The van der Waals surface area contributed by atoms with Crippen molar-refractivity contribution in [3.63, 3.8) is 0 Å². The van der Waals surface area contributed by atoms with Crippen LogP contribution in [0.5, 0.6) is 5.88 Å². The van der Waals surface area contributed by atoms with Crippen LogP contribution in [0.1, 0.15) is 12.8 Å². The van der Waals surface area contributed by atoms with Crippen molar-refractivity contribution >= 4 is 27.8 Å². The van der Waals surface area contributed by atoms with Crippen molar-refractivity contribution in [3.8, 4) is 5.88 Å². The molecule has 0 bridgehead atoms. The summed E-state index contributed by atoms with van der Waals surface area (Å²) in [7, 11) is 1.53. The minimum atomic E-state index is -0.269. The van der Waals surface area contributed by atoms with Crippen LogP contribution in [0.3, 0.4) is 0 Å². The van der Waals surface area contributed by atoms with Crippen molar-refractivity contribution in [2.45, 2.75) is 18.9 Å². The van der Waals surface area contributed by atoms with Gasteiger partial charge in [-0.25, -0.2) is 4.98 Å². The van der Waals surface area contributed by atoms with Gasteiger partial charge in [-0.2, -0.15) is 4.98 Å². The lowest BCUT2D eigenvalue weighted by molar-refractivity contribution is -0.123. The van der Waals surface area contributed by atoms with Crippen LogP contribution in [-0.4, -0.2) is 35.6 Å². The molecule has 0 radical (unpaired) electrons. The van der Waals surface area contributed by atoms with Crippen molar-refractivity contribution in [1.29, 1.82) is 0 Å². The normalized spacial score (nSPS) is 19.6. The molecule has 7 heteroatoms. The highest BCUT2D eigenvalue weighted by Gasteiger charge is 2.22. The summed E-state index contributed by atoms with van der Waals surface area (Å²) < 4.78 is 5.74. The second-order valence-corrected chi connectivity index (χ2v) is 4.54. The lowest BCUT2D eigenvalue weighted by Crippen LogP contribution is -2.44. The van der Waals surface area contributed by atoms with Gasteiger partial charge in [-0.1, -0.05) is 0 Å². The van der Waals surface area contributed by atoms with E-state index in [1.165, 1.54) is 7.11 Å². The number of carbonyl (C=O) groups is 1. The number of hydrogen-bond acceptors (Lipinski definition) is 5. The molecular formula is C10H13BrN4O2. The Bertz CT molecular complexity index is 427. The van der Waals surface area contributed by atoms with Gasteiger partial charge >= 0.3 is 0 Å². The number of rotatable bonds is 3. The SMILES string of the molecule is COc1nc(NC2CCCNC2=O)ncc1Br. The molecule has 17 heavy (non-hydrogen) atoms. The molecule has 2 heterocycles. The molecule has 1 unspecified atom stereocenters. The van der Waals surface area contributed by atoms with Crippen LogP contribution >= 0.6 is 15.9 Å². The Balaban J connectivity index is 2.10. The first kappa shape index (κ1) is 12.1. The lowest BCUT2D eigenvalue weighted by Gasteiger charge is -2.22. The number of anilines is 1. The fraction of sp³-hybridized carbons (Fsp3) is 0.500. The molecule has 1 fully saturated rings. The second-order valence-electron chi connectivity index (χ2n) is 3.68. The van der Waals surface area contributed by atoms with Gasteiger partial charge in [0.25, 0.3) is 0 Å². The molecule has 1 aromatic heterocycles. The summed E-state index contributed by atoms with van der Waals surface area (Å²) in [6.45, 7) is 0.738. The fourth-order valence-corrected chi connectivity index (χ4v) is 1.98. The van der Waals surface area contributed by atoms with E-state index >= 15 is 0 Å². The fourth-order valence-electron chi connectivity index (χ4n) is 1.63. The highest BCUT2D eigenvalue weighted by atomic mass is 79.9. The van der Waals surface area contributed by atoms with Crippen LogP contribution < -0.4 is 15.4 Å². The van der Waals surface area contributed by atoms with E-state index in [4.69, 9.17) is 4.74 Å². The zero-order valence-corrected chi connectivity index (χ0v) is 11.0. The number of halogens is 1. The quantitative estimate of drug-likeness (QED) is 0.869. The van der Waals surface area contributed by atoms with Crippen molar-refractivity contribution < 1.29 is 9.53 Å². The molecule has 1 saturated heterocycles. The number of ether oxygens (including phenoxy) is 1. The summed E-state index contributed by atoms with van der Waals surface area (Å²) in [5.41, 5.74) is 0. The van der Waals surface area contributed by atoms with Gasteiger partial charge in [0.15, 0.2) is 0 Å². The van der Waals surface area contributed by atoms with E-state index in [-0.39, 0.29) is 11.9 Å². The van der Waals surface area contributed by atoms with E-state index in [0.29, 0.717) is 16.3 Å². The van der Waals surface area contributed by atoms with Gasteiger partial charge < -0.3 is 15.4 Å². The zero-order valence-electron chi connectivity index (χ0n) is 9.36. The third kappa shape index (κ3) is 2.85. The van der Waals surface area contributed by atoms with Crippen LogP contribution in [0.25, 0.3) is 0 Å². The summed E-state index contributed by atoms with van der Waals surface area (Å²) in [6, 6.07) is -0.269. The number of piperidine rings is 1.